The maximum atomic E-state index is 5.12. The molecule has 3 rings (SSSR count). The fraction of sp³-hybridized carbons (Fsp3) is 0.929. The van der Waals surface area contributed by atoms with E-state index in [1.807, 2.05) is 5.37 Å². The number of hydrogen-bond acceptors (Lipinski definition) is 4. The molecule has 1 aliphatic carbocycles. The Morgan fingerprint density at radius 3 is 2.78 bits per heavy atom. The van der Waals surface area contributed by atoms with E-state index in [0.717, 1.165) is 31.7 Å². The number of piperidine rings is 1. The highest BCUT2D eigenvalue weighted by molar-refractivity contribution is 7.79. The van der Waals surface area contributed by atoms with Gasteiger partial charge in [0.15, 0.2) is 0 Å². The van der Waals surface area contributed by atoms with E-state index in [1.165, 1.54) is 45.1 Å². The highest BCUT2D eigenvalue weighted by Crippen LogP contribution is 2.35. The number of likely N-dealkylation sites (tertiary alicyclic amines) is 1. The molecule has 3 unspecified atom stereocenters. The van der Waals surface area contributed by atoms with Crippen LogP contribution in [0, 0.1) is 5.92 Å². The predicted octanol–water partition coefficient (Wildman–Crippen LogP) is 1.83. The summed E-state index contributed by atoms with van der Waals surface area (Å²) in [5, 5.41) is 5.34. The van der Waals surface area contributed by atoms with Crippen molar-refractivity contribution >= 4 is 17.6 Å². The van der Waals surface area contributed by atoms with E-state index in [0.29, 0.717) is 6.17 Å². The number of nitrogens with one attached hydrogen (secondary N) is 1. The third-order valence-electron chi connectivity index (χ3n) is 5.00. The maximum Gasteiger partial charge on any atom is 0.0905 e. The lowest BCUT2D eigenvalue weighted by Gasteiger charge is -2.45. The van der Waals surface area contributed by atoms with Gasteiger partial charge in [-0.15, -0.1) is 0 Å². The number of fused-ring (bicyclic) bond motifs is 1. The summed E-state index contributed by atoms with van der Waals surface area (Å²) in [5.74, 6) is 0.981. The van der Waals surface area contributed by atoms with Crippen molar-refractivity contribution in [1.82, 2.24) is 15.1 Å². The van der Waals surface area contributed by atoms with Crippen LogP contribution in [0.3, 0.4) is 0 Å². The van der Waals surface area contributed by atoms with Gasteiger partial charge in [-0.1, -0.05) is 25.1 Å². The topological polar surface area (TPSA) is 18.5 Å². The number of thiocarbonyl (C=S) groups is 1. The first-order valence-electron chi connectivity index (χ1n) is 7.55. The fourth-order valence-corrected chi connectivity index (χ4v) is 4.32. The summed E-state index contributed by atoms with van der Waals surface area (Å²) in [4.78, 5) is 5.25. The first-order valence-corrected chi connectivity index (χ1v) is 8.02. The monoisotopic (exact) mass is 267 g/mol. The highest BCUT2D eigenvalue weighted by atomic mass is 32.1. The number of rotatable bonds is 3. The van der Waals surface area contributed by atoms with Gasteiger partial charge in [0.2, 0.25) is 0 Å². The molecule has 2 saturated heterocycles. The van der Waals surface area contributed by atoms with Crippen LogP contribution >= 0.6 is 12.2 Å². The van der Waals surface area contributed by atoms with E-state index >= 15 is 0 Å². The fourth-order valence-electron chi connectivity index (χ4n) is 4.05. The molecule has 0 amide bonds. The smallest absolute Gasteiger partial charge is 0.0905 e. The average molecular weight is 267 g/mol. The third kappa shape index (κ3) is 2.62. The van der Waals surface area contributed by atoms with Crippen LogP contribution in [0.2, 0.25) is 0 Å². The van der Waals surface area contributed by atoms with Crippen molar-refractivity contribution in [2.75, 3.05) is 26.3 Å². The second-order valence-electron chi connectivity index (χ2n) is 6.06. The lowest BCUT2D eigenvalue weighted by atomic mass is 9.78. The van der Waals surface area contributed by atoms with Crippen LogP contribution in [0.1, 0.15) is 38.5 Å². The first kappa shape index (κ1) is 13.0. The molecule has 0 spiro atoms. The molecule has 4 heteroatoms. The molecule has 0 aromatic carbocycles. The Balaban J connectivity index is 1.62. The summed E-state index contributed by atoms with van der Waals surface area (Å²) < 4.78 is 0. The lowest BCUT2D eigenvalue weighted by molar-refractivity contribution is 0.0168. The largest absolute Gasteiger partial charge is 0.296 e. The van der Waals surface area contributed by atoms with Crippen LogP contribution in [0.25, 0.3) is 0 Å². The van der Waals surface area contributed by atoms with Crippen molar-refractivity contribution in [1.29, 1.82) is 0 Å². The highest BCUT2D eigenvalue weighted by Gasteiger charge is 2.35. The average Bonchev–Trinajstić information content (AvgIpc) is 2.86. The van der Waals surface area contributed by atoms with Gasteiger partial charge < -0.3 is 0 Å². The van der Waals surface area contributed by atoms with Crippen LogP contribution in [-0.4, -0.2) is 53.7 Å². The second kappa shape index (κ2) is 5.95. The van der Waals surface area contributed by atoms with Gasteiger partial charge in [-0.25, -0.2) is 0 Å². The summed E-state index contributed by atoms with van der Waals surface area (Å²) >= 11 is 5.12. The SMILES string of the molecule is S=CC1NCCN1CN1CCCC2CCCCC21. The van der Waals surface area contributed by atoms with Crippen molar-refractivity contribution < 1.29 is 0 Å². The second-order valence-corrected chi connectivity index (χ2v) is 6.33. The normalized spacial score (nSPS) is 38.6. The van der Waals surface area contributed by atoms with Crippen molar-refractivity contribution in [2.24, 2.45) is 5.92 Å². The van der Waals surface area contributed by atoms with Gasteiger partial charge >= 0.3 is 0 Å². The molecule has 0 aromatic rings. The number of nitrogens with zero attached hydrogens (tertiary/aromatic N) is 2. The minimum atomic E-state index is 0.323. The lowest BCUT2D eigenvalue weighted by Crippen LogP contribution is -2.52. The summed E-state index contributed by atoms with van der Waals surface area (Å²) in [6, 6.07) is 0.860. The summed E-state index contributed by atoms with van der Waals surface area (Å²) in [6.45, 7) is 4.64. The maximum absolute atomic E-state index is 5.12. The van der Waals surface area contributed by atoms with Gasteiger partial charge in [0, 0.05) is 24.5 Å². The van der Waals surface area contributed by atoms with Gasteiger partial charge in [0.25, 0.3) is 0 Å². The van der Waals surface area contributed by atoms with Crippen molar-refractivity contribution in [2.45, 2.75) is 50.7 Å². The molecule has 0 aromatic heterocycles. The zero-order valence-corrected chi connectivity index (χ0v) is 12.0. The molecule has 3 atom stereocenters. The van der Waals surface area contributed by atoms with E-state index in [2.05, 4.69) is 15.1 Å². The van der Waals surface area contributed by atoms with Crippen molar-refractivity contribution in [3.8, 4) is 0 Å². The van der Waals surface area contributed by atoms with Gasteiger partial charge in [-0.3, -0.25) is 15.1 Å². The summed E-state index contributed by atoms with van der Waals surface area (Å²) in [6.07, 6.45) is 8.98. The molecule has 0 radical (unpaired) electrons. The van der Waals surface area contributed by atoms with Crippen LogP contribution in [0.5, 0.6) is 0 Å². The van der Waals surface area contributed by atoms with Gasteiger partial charge in [0.1, 0.15) is 0 Å². The molecular weight excluding hydrogens is 242 g/mol. The molecule has 2 heterocycles. The molecule has 3 fully saturated rings. The molecule has 2 aliphatic heterocycles. The van der Waals surface area contributed by atoms with Gasteiger partial charge in [-0.05, 0) is 38.1 Å². The Kier molecular flexibility index (Phi) is 4.29. The van der Waals surface area contributed by atoms with E-state index in [9.17, 15) is 0 Å². The van der Waals surface area contributed by atoms with E-state index in [1.54, 1.807) is 0 Å². The molecule has 18 heavy (non-hydrogen) atoms. The zero-order chi connectivity index (χ0) is 12.4. The Morgan fingerprint density at radius 1 is 1.06 bits per heavy atom. The minimum Gasteiger partial charge on any atom is -0.296 e. The Labute approximate surface area is 116 Å². The quantitative estimate of drug-likeness (QED) is 0.786. The van der Waals surface area contributed by atoms with Gasteiger partial charge in [-0.2, -0.15) is 0 Å². The first-order chi connectivity index (χ1) is 8.88. The van der Waals surface area contributed by atoms with Crippen LogP contribution in [0.4, 0.5) is 0 Å². The van der Waals surface area contributed by atoms with E-state index < -0.39 is 0 Å². The van der Waals surface area contributed by atoms with E-state index in [-0.39, 0.29) is 0 Å². The van der Waals surface area contributed by atoms with Crippen molar-refractivity contribution in [3.05, 3.63) is 0 Å². The van der Waals surface area contributed by atoms with Crippen LogP contribution < -0.4 is 5.32 Å². The Morgan fingerprint density at radius 2 is 1.89 bits per heavy atom. The zero-order valence-electron chi connectivity index (χ0n) is 11.2. The van der Waals surface area contributed by atoms with Gasteiger partial charge in [0.05, 0.1) is 12.8 Å². The Hall–Kier alpha value is -0.0300. The minimum absolute atomic E-state index is 0.323. The summed E-state index contributed by atoms with van der Waals surface area (Å²) in [5.41, 5.74) is 0. The van der Waals surface area contributed by atoms with Crippen LogP contribution in [-0.2, 0) is 0 Å². The summed E-state index contributed by atoms with van der Waals surface area (Å²) in [7, 11) is 0. The van der Waals surface area contributed by atoms with Crippen LogP contribution in [0.15, 0.2) is 0 Å². The predicted molar refractivity (Wildman–Crippen MR) is 78.7 cm³/mol. The molecular formula is C14H25N3S. The molecule has 1 N–H and O–H groups in total. The van der Waals surface area contributed by atoms with Crippen molar-refractivity contribution in [3.63, 3.8) is 0 Å². The van der Waals surface area contributed by atoms with E-state index in [4.69, 9.17) is 12.2 Å². The molecule has 0 bridgehead atoms. The molecule has 102 valence electrons. The number of hydrogen-bond donors (Lipinski definition) is 1. The third-order valence-corrected chi connectivity index (χ3v) is 5.25. The Bertz CT molecular complexity index is 295. The standard InChI is InChI=1S/C14H25N3S/c18-10-14-15-7-9-17(14)11-16-8-3-5-12-4-1-2-6-13(12)16/h10,12-15H,1-9,11H2. The molecule has 1 saturated carbocycles. The molecule has 3 aliphatic rings. The molecule has 3 nitrogen and oxygen atoms in total.